The highest BCUT2D eigenvalue weighted by molar-refractivity contribution is 6.27. The van der Waals surface area contributed by atoms with E-state index < -0.39 is 5.97 Å². The molecule has 0 spiro atoms. The fourth-order valence-corrected chi connectivity index (χ4v) is 1.57. The molecule has 0 atom stereocenters. The first-order valence-electron chi connectivity index (χ1n) is 5.45. The van der Waals surface area contributed by atoms with Crippen molar-refractivity contribution < 1.29 is 19.1 Å². The van der Waals surface area contributed by atoms with Crippen molar-refractivity contribution in [2.75, 3.05) is 12.5 Å². The zero-order valence-corrected chi connectivity index (χ0v) is 10.7. The maximum atomic E-state index is 11.6. The van der Waals surface area contributed by atoms with E-state index in [2.05, 4.69) is 0 Å². The van der Waals surface area contributed by atoms with Gasteiger partial charge in [-0.25, -0.2) is 4.79 Å². The molecule has 0 aliphatic carbocycles. The molecule has 1 aromatic rings. The van der Waals surface area contributed by atoms with Crippen molar-refractivity contribution in [2.24, 2.45) is 0 Å². The Morgan fingerprint density at radius 2 is 2.11 bits per heavy atom. The van der Waals surface area contributed by atoms with E-state index in [0.717, 1.165) is 0 Å². The monoisotopic (exact) mass is 268 g/mol. The second-order valence-electron chi connectivity index (χ2n) is 3.61. The SMILES string of the molecule is CCOC(=O)c1cc(CC(=O)CCl)ccc1C=O. The minimum atomic E-state index is -0.570. The first-order chi connectivity index (χ1) is 8.62. The van der Waals surface area contributed by atoms with Gasteiger partial charge in [0.05, 0.1) is 18.1 Å². The van der Waals surface area contributed by atoms with Crippen molar-refractivity contribution in [3.8, 4) is 0 Å². The van der Waals surface area contributed by atoms with Crippen LogP contribution in [0, 0.1) is 0 Å². The molecule has 5 heteroatoms. The molecule has 1 aromatic carbocycles. The van der Waals surface area contributed by atoms with Crippen molar-refractivity contribution in [1.82, 2.24) is 0 Å². The molecular formula is C13H13ClO4. The van der Waals surface area contributed by atoms with Crippen LogP contribution >= 0.6 is 11.6 Å². The van der Waals surface area contributed by atoms with Gasteiger partial charge in [-0.2, -0.15) is 0 Å². The van der Waals surface area contributed by atoms with E-state index >= 15 is 0 Å². The summed E-state index contributed by atoms with van der Waals surface area (Å²) in [6.45, 7) is 1.90. The average Bonchev–Trinajstić information content (AvgIpc) is 2.38. The van der Waals surface area contributed by atoms with Crippen LogP contribution in [-0.2, 0) is 16.0 Å². The molecule has 4 nitrogen and oxygen atoms in total. The topological polar surface area (TPSA) is 60.4 Å². The number of hydrogen-bond donors (Lipinski definition) is 0. The molecule has 0 radical (unpaired) electrons. The summed E-state index contributed by atoms with van der Waals surface area (Å²) in [7, 11) is 0. The van der Waals surface area contributed by atoms with E-state index in [4.69, 9.17) is 16.3 Å². The number of rotatable bonds is 6. The molecule has 1 rings (SSSR count). The molecule has 96 valence electrons. The predicted octanol–water partition coefficient (Wildman–Crippen LogP) is 2.03. The third-order valence-electron chi connectivity index (χ3n) is 2.29. The fourth-order valence-electron chi connectivity index (χ4n) is 1.48. The molecule has 0 N–H and O–H groups in total. The van der Waals surface area contributed by atoms with E-state index in [1.165, 1.54) is 12.1 Å². The third kappa shape index (κ3) is 3.67. The van der Waals surface area contributed by atoms with Gasteiger partial charge in [-0.15, -0.1) is 11.6 Å². The molecule has 0 saturated heterocycles. The van der Waals surface area contributed by atoms with Gasteiger partial charge in [0.1, 0.15) is 0 Å². The molecule has 0 amide bonds. The summed E-state index contributed by atoms with van der Waals surface area (Å²) in [5, 5.41) is 0. The second-order valence-corrected chi connectivity index (χ2v) is 3.88. The Morgan fingerprint density at radius 3 is 2.67 bits per heavy atom. The Labute approximate surface area is 110 Å². The minimum absolute atomic E-state index is 0.0792. The quantitative estimate of drug-likeness (QED) is 0.450. The normalized spacial score (nSPS) is 9.89. The highest BCUT2D eigenvalue weighted by Gasteiger charge is 2.14. The fraction of sp³-hybridized carbons (Fsp3) is 0.308. The van der Waals surface area contributed by atoms with E-state index in [1.807, 2.05) is 0 Å². The average molecular weight is 269 g/mol. The largest absolute Gasteiger partial charge is 0.462 e. The number of alkyl halides is 1. The second kappa shape index (κ2) is 6.91. The zero-order valence-electron chi connectivity index (χ0n) is 9.94. The van der Waals surface area contributed by atoms with Crippen LogP contribution in [0.4, 0.5) is 0 Å². The van der Waals surface area contributed by atoms with E-state index in [0.29, 0.717) is 11.8 Å². The number of carbonyl (C=O) groups is 3. The van der Waals surface area contributed by atoms with Crippen molar-refractivity contribution in [3.63, 3.8) is 0 Å². The Kier molecular flexibility index (Phi) is 5.52. The molecule has 0 bridgehead atoms. The van der Waals surface area contributed by atoms with E-state index in [-0.39, 0.29) is 35.8 Å². The van der Waals surface area contributed by atoms with Crippen molar-refractivity contribution >= 4 is 29.6 Å². The summed E-state index contributed by atoms with van der Waals surface area (Å²) in [5.74, 6) is -0.797. The van der Waals surface area contributed by atoms with Gasteiger partial charge in [0.2, 0.25) is 0 Å². The van der Waals surface area contributed by atoms with Crippen LogP contribution in [0.5, 0.6) is 0 Å². The standard InChI is InChI=1S/C13H13ClO4/c1-2-18-13(17)12-6-9(5-11(16)7-14)3-4-10(12)8-15/h3-4,6,8H,2,5,7H2,1H3. The highest BCUT2D eigenvalue weighted by Crippen LogP contribution is 2.13. The van der Waals surface area contributed by atoms with Crippen molar-refractivity contribution in [2.45, 2.75) is 13.3 Å². The van der Waals surface area contributed by atoms with Gasteiger partial charge in [0, 0.05) is 12.0 Å². The molecule has 0 aromatic heterocycles. The molecule has 0 saturated carbocycles. The van der Waals surface area contributed by atoms with Crippen molar-refractivity contribution in [3.05, 3.63) is 34.9 Å². The lowest BCUT2D eigenvalue weighted by molar-refractivity contribution is -0.116. The maximum Gasteiger partial charge on any atom is 0.338 e. The molecule has 0 fully saturated rings. The van der Waals surface area contributed by atoms with Crippen LogP contribution in [0.2, 0.25) is 0 Å². The van der Waals surface area contributed by atoms with Gasteiger partial charge >= 0.3 is 5.97 Å². The third-order valence-corrected chi connectivity index (χ3v) is 2.59. The van der Waals surface area contributed by atoms with Gasteiger partial charge in [-0.3, -0.25) is 9.59 Å². The minimum Gasteiger partial charge on any atom is -0.462 e. The van der Waals surface area contributed by atoms with Gasteiger partial charge in [-0.05, 0) is 18.6 Å². The summed E-state index contributed by atoms with van der Waals surface area (Å²) in [4.78, 5) is 33.7. The van der Waals surface area contributed by atoms with Crippen molar-refractivity contribution in [1.29, 1.82) is 0 Å². The Morgan fingerprint density at radius 1 is 1.39 bits per heavy atom. The lowest BCUT2D eigenvalue weighted by atomic mass is 10.0. The summed E-state index contributed by atoms with van der Waals surface area (Å²) in [6, 6.07) is 4.61. The summed E-state index contributed by atoms with van der Waals surface area (Å²) >= 11 is 5.42. The number of benzene rings is 1. The summed E-state index contributed by atoms with van der Waals surface area (Å²) < 4.78 is 4.85. The number of ketones is 1. The number of esters is 1. The number of halogens is 1. The first kappa shape index (κ1) is 14.4. The van der Waals surface area contributed by atoms with Crippen LogP contribution < -0.4 is 0 Å². The Balaban J connectivity index is 3.05. The van der Waals surface area contributed by atoms with Crippen LogP contribution in [-0.4, -0.2) is 30.5 Å². The number of hydrogen-bond acceptors (Lipinski definition) is 4. The maximum absolute atomic E-state index is 11.6. The molecule has 0 aliphatic heterocycles. The first-order valence-corrected chi connectivity index (χ1v) is 5.98. The van der Waals surface area contributed by atoms with E-state index in [9.17, 15) is 14.4 Å². The molecule has 0 heterocycles. The summed E-state index contributed by atoms with van der Waals surface area (Å²) in [5.41, 5.74) is 1.05. The zero-order chi connectivity index (χ0) is 13.5. The lowest BCUT2D eigenvalue weighted by Gasteiger charge is -2.07. The molecule has 18 heavy (non-hydrogen) atoms. The number of ether oxygens (including phenoxy) is 1. The predicted molar refractivity (Wildman–Crippen MR) is 67.2 cm³/mol. The lowest BCUT2D eigenvalue weighted by Crippen LogP contribution is -2.10. The van der Waals surface area contributed by atoms with Gasteiger partial charge < -0.3 is 4.74 Å². The Hall–Kier alpha value is -1.68. The Bertz CT molecular complexity index is 468. The van der Waals surface area contributed by atoms with Crippen LogP contribution in [0.3, 0.4) is 0 Å². The van der Waals surface area contributed by atoms with Gasteiger partial charge in [0.25, 0.3) is 0 Å². The molecular weight excluding hydrogens is 256 g/mol. The van der Waals surface area contributed by atoms with Gasteiger partial charge in [-0.1, -0.05) is 12.1 Å². The molecule has 0 aliphatic rings. The smallest absolute Gasteiger partial charge is 0.338 e. The van der Waals surface area contributed by atoms with E-state index in [1.54, 1.807) is 13.0 Å². The number of Topliss-reactive ketones (excluding diaryl/α,β-unsaturated/α-hetero) is 1. The highest BCUT2D eigenvalue weighted by atomic mass is 35.5. The summed E-state index contributed by atoms with van der Waals surface area (Å²) in [6.07, 6.45) is 0.717. The van der Waals surface area contributed by atoms with Crippen LogP contribution in [0.15, 0.2) is 18.2 Å². The van der Waals surface area contributed by atoms with Gasteiger partial charge in [0.15, 0.2) is 12.1 Å². The molecule has 0 unspecified atom stereocenters. The number of carbonyl (C=O) groups excluding carboxylic acids is 3. The van der Waals surface area contributed by atoms with Crippen LogP contribution in [0.1, 0.15) is 33.2 Å². The number of aldehydes is 1. The van der Waals surface area contributed by atoms with Crippen LogP contribution in [0.25, 0.3) is 0 Å².